The lowest BCUT2D eigenvalue weighted by Crippen LogP contribution is -2.37. The van der Waals surface area contributed by atoms with Gasteiger partial charge in [0.15, 0.2) is 0 Å². The maximum Gasteiger partial charge on any atom is 0.251 e. The Balaban J connectivity index is 1.43. The van der Waals surface area contributed by atoms with Gasteiger partial charge in [0.25, 0.3) is 5.91 Å². The molecule has 2 saturated carbocycles. The lowest BCUT2D eigenvalue weighted by Gasteiger charge is -2.22. The van der Waals surface area contributed by atoms with Gasteiger partial charge in [0, 0.05) is 23.3 Å². The first-order valence-electron chi connectivity index (χ1n) is 8.65. The molecule has 0 aliphatic heterocycles. The first kappa shape index (κ1) is 16.0. The maximum absolute atomic E-state index is 12.0. The van der Waals surface area contributed by atoms with E-state index in [9.17, 15) is 9.59 Å². The molecule has 2 aliphatic rings. The van der Waals surface area contributed by atoms with Crippen LogP contribution in [0, 0.1) is 0 Å². The van der Waals surface area contributed by atoms with Crippen LogP contribution in [0.5, 0.6) is 0 Å². The molecule has 0 heterocycles. The van der Waals surface area contributed by atoms with Gasteiger partial charge in [-0.25, -0.2) is 0 Å². The summed E-state index contributed by atoms with van der Waals surface area (Å²) in [6, 6.07) is 7.89. The van der Waals surface area contributed by atoms with E-state index in [1.165, 1.54) is 19.3 Å². The predicted molar refractivity (Wildman–Crippen MR) is 90.4 cm³/mol. The number of anilines is 1. The number of carbonyl (C=O) groups excluding carboxylic acids is 2. The van der Waals surface area contributed by atoms with Crippen molar-refractivity contribution in [2.45, 2.75) is 57.0 Å². The molecule has 0 aromatic heterocycles. The normalized spacial score (nSPS) is 18.4. The molecule has 1 aromatic rings. The molecule has 5 nitrogen and oxygen atoms in total. The molecule has 1 aromatic carbocycles. The van der Waals surface area contributed by atoms with Crippen LogP contribution < -0.4 is 16.0 Å². The van der Waals surface area contributed by atoms with Crippen molar-refractivity contribution in [2.75, 3.05) is 11.9 Å². The molecule has 2 amide bonds. The first-order chi connectivity index (χ1) is 11.2. The van der Waals surface area contributed by atoms with E-state index in [2.05, 4.69) is 16.0 Å². The zero-order chi connectivity index (χ0) is 16.1. The van der Waals surface area contributed by atoms with Crippen molar-refractivity contribution < 1.29 is 9.59 Å². The maximum atomic E-state index is 12.0. The highest BCUT2D eigenvalue weighted by molar-refractivity contribution is 5.96. The largest absolute Gasteiger partial charge is 0.349 e. The Hall–Kier alpha value is -1.88. The number of amides is 2. The minimum Gasteiger partial charge on any atom is -0.349 e. The highest BCUT2D eigenvalue weighted by Gasteiger charge is 2.23. The molecule has 5 heteroatoms. The van der Waals surface area contributed by atoms with Crippen molar-refractivity contribution in [2.24, 2.45) is 0 Å². The molecule has 3 N–H and O–H groups in total. The van der Waals surface area contributed by atoms with Gasteiger partial charge >= 0.3 is 0 Å². The zero-order valence-electron chi connectivity index (χ0n) is 13.4. The Bertz CT molecular complexity index is 546. The minimum absolute atomic E-state index is 0.0363. The number of benzene rings is 1. The highest BCUT2D eigenvalue weighted by atomic mass is 16.2. The molecule has 3 rings (SSSR count). The van der Waals surface area contributed by atoms with Crippen molar-refractivity contribution >= 4 is 17.5 Å². The molecule has 2 fully saturated rings. The standard InChI is InChI=1S/C18H25N3O2/c22-17(12-19-14-4-2-1-3-5-14)20-15-8-6-13(7-9-15)18(23)21-16-10-11-16/h6-9,14,16,19H,1-5,10-12H2,(H,20,22)(H,21,23). The molecule has 0 saturated heterocycles. The van der Waals surface area contributed by atoms with Crippen molar-refractivity contribution in [3.63, 3.8) is 0 Å². The van der Waals surface area contributed by atoms with E-state index < -0.39 is 0 Å². The van der Waals surface area contributed by atoms with E-state index in [0.717, 1.165) is 31.4 Å². The van der Waals surface area contributed by atoms with Crippen LogP contribution in [0.4, 0.5) is 5.69 Å². The smallest absolute Gasteiger partial charge is 0.251 e. The molecule has 0 spiro atoms. The Morgan fingerprint density at radius 2 is 1.61 bits per heavy atom. The molecule has 0 atom stereocenters. The second-order valence-electron chi connectivity index (χ2n) is 6.59. The third-order valence-electron chi connectivity index (χ3n) is 4.50. The quantitative estimate of drug-likeness (QED) is 0.755. The summed E-state index contributed by atoms with van der Waals surface area (Å²) in [6.07, 6.45) is 8.30. The second kappa shape index (κ2) is 7.59. The fraction of sp³-hybridized carbons (Fsp3) is 0.556. The van der Waals surface area contributed by atoms with Crippen LogP contribution in [0.2, 0.25) is 0 Å². The number of nitrogens with one attached hydrogen (secondary N) is 3. The van der Waals surface area contributed by atoms with Gasteiger partial charge in [-0.2, -0.15) is 0 Å². The van der Waals surface area contributed by atoms with Gasteiger partial charge in [-0.1, -0.05) is 19.3 Å². The second-order valence-corrected chi connectivity index (χ2v) is 6.59. The molecule has 0 bridgehead atoms. The Morgan fingerprint density at radius 3 is 2.26 bits per heavy atom. The summed E-state index contributed by atoms with van der Waals surface area (Å²) in [6.45, 7) is 0.342. The summed E-state index contributed by atoms with van der Waals surface area (Å²) >= 11 is 0. The van der Waals surface area contributed by atoms with Crippen LogP contribution in [-0.2, 0) is 4.79 Å². The van der Waals surface area contributed by atoms with Crippen LogP contribution in [0.15, 0.2) is 24.3 Å². The summed E-state index contributed by atoms with van der Waals surface area (Å²) < 4.78 is 0. The zero-order valence-corrected chi connectivity index (χ0v) is 13.4. The topological polar surface area (TPSA) is 70.2 Å². The van der Waals surface area contributed by atoms with Crippen molar-refractivity contribution in [1.29, 1.82) is 0 Å². The van der Waals surface area contributed by atoms with Gasteiger partial charge in [-0.15, -0.1) is 0 Å². The third kappa shape index (κ3) is 5.06. The summed E-state index contributed by atoms with van der Waals surface area (Å²) in [4.78, 5) is 23.9. The molecule has 23 heavy (non-hydrogen) atoms. The summed E-state index contributed by atoms with van der Waals surface area (Å²) in [7, 11) is 0. The van der Waals surface area contributed by atoms with Gasteiger partial charge in [0.2, 0.25) is 5.91 Å². The molecule has 0 unspecified atom stereocenters. The molecular formula is C18H25N3O2. The van der Waals surface area contributed by atoms with Gasteiger partial charge in [0.1, 0.15) is 0 Å². The Morgan fingerprint density at radius 1 is 0.913 bits per heavy atom. The van der Waals surface area contributed by atoms with Gasteiger partial charge in [-0.05, 0) is 49.9 Å². The fourth-order valence-corrected chi connectivity index (χ4v) is 2.95. The average Bonchev–Trinajstić information content (AvgIpc) is 3.38. The van der Waals surface area contributed by atoms with Gasteiger partial charge in [0.05, 0.1) is 6.54 Å². The summed E-state index contributed by atoms with van der Waals surface area (Å²) in [5.41, 5.74) is 1.36. The van der Waals surface area contributed by atoms with Crippen LogP contribution in [-0.4, -0.2) is 30.4 Å². The Labute approximate surface area is 137 Å². The first-order valence-corrected chi connectivity index (χ1v) is 8.65. The lowest BCUT2D eigenvalue weighted by molar-refractivity contribution is -0.115. The van der Waals surface area contributed by atoms with E-state index in [1.54, 1.807) is 24.3 Å². The van der Waals surface area contributed by atoms with Crippen molar-refractivity contribution in [1.82, 2.24) is 10.6 Å². The van der Waals surface area contributed by atoms with E-state index >= 15 is 0 Å². The monoisotopic (exact) mass is 315 g/mol. The summed E-state index contributed by atoms with van der Waals surface area (Å²) in [5, 5.41) is 9.14. The van der Waals surface area contributed by atoms with E-state index in [1.807, 2.05) is 0 Å². The van der Waals surface area contributed by atoms with Gasteiger partial charge < -0.3 is 16.0 Å². The van der Waals surface area contributed by atoms with Crippen LogP contribution in [0.1, 0.15) is 55.3 Å². The van der Waals surface area contributed by atoms with Crippen molar-refractivity contribution in [3.05, 3.63) is 29.8 Å². The number of rotatable bonds is 6. The minimum atomic E-state index is -0.0376. The van der Waals surface area contributed by atoms with E-state index in [0.29, 0.717) is 24.2 Å². The molecule has 2 aliphatic carbocycles. The number of carbonyl (C=O) groups is 2. The number of hydrogen-bond donors (Lipinski definition) is 3. The van der Waals surface area contributed by atoms with E-state index in [-0.39, 0.29) is 11.8 Å². The number of hydrogen-bond acceptors (Lipinski definition) is 3. The average molecular weight is 315 g/mol. The van der Waals surface area contributed by atoms with Crippen LogP contribution in [0.25, 0.3) is 0 Å². The van der Waals surface area contributed by atoms with Crippen LogP contribution >= 0.6 is 0 Å². The van der Waals surface area contributed by atoms with E-state index in [4.69, 9.17) is 0 Å². The lowest BCUT2D eigenvalue weighted by atomic mass is 9.95. The highest BCUT2D eigenvalue weighted by Crippen LogP contribution is 2.20. The molecular weight excluding hydrogens is 290 g/mol. The fourth-order valence-electron chi connectivity index (χ4n) is 2.95. The summed E-state index contributed by atoms with van der Waals surface area (Å²) in [5.74, 6) is -0.0740. The molecule has 0 radical (unpaired) electrons. The van der Waals surface area contributed by atoms with Crippen LogP contribution in [0.3, 0.4) is 0 Å². The van der Waals surface area contributed by atoms with Crippen molar-refractivity contribution in [3.8, 4) is 0 Å². The third-order valence-corrected chi connectivity index (χ3v) is 4.50. The molecule has 124 valence electrons. The van der Waals surface area contributed by atoms with Gasteiger partial charge in [-0.3, -0.25) is 9.59 Å². The predicted octanol–water partition coefficient (Wildman–Crippen LogP) is 2.44. The SMILES string of the molecule is O=C(CNC1CCCCC1)Nc1ccc(C(=O)NC2CC2)cc1. The Kier molecular flexibility index (Phi) is 5.28.